The standard InChI is InChI=1S/C19H28N2.C15H22O.C14H30FN.C11H17N.C7H13NO.C2H4O.2C2H6/c1-7-17(9-8-15(5)20)18-10-11-21-16(6)19(18)12-14(4)13(2)3;1-4-6-14(7-5-2)15-10-8-13(9-11-15)12(3)16;1-5-9-14(15,10-6-2)13-16(11-7-3)12-8-4;1-5-10-7-6-9(2)11(8-10)12(3)4;1-6-3-4-7(2)8-9-5-6;1-2-3;2*1-2/h8-13H,7,20H2,1-6H3;8-11,14H,4-7H2,1-3H3;5-13H2,1-4H3;6-8H,5H2,1-4H3;6,8H,2-5H2,1H3;2H,1H3;2*1-2H3/b14-12+,15-8+,17-9+;;;;;;;. The number of carbonyl (C=O) groups is 2. The number of hydrogen-bond acceptors (Lipinski definition) is 8. The SMILES string of the molecule is C=C1CCC(C)CON1.CC.CC.CC/C(=C\C=C(/C)N)c1ccnc(C)c1/C=C(\C)C(C)C.CC=O.CCCC(CCC)c1ccc(C(C)=O)cc1.CCCN(CCC)CC(F)(CCC)CCC.CCc1ccc(C)c(N(C)C)c1. The first-order valence-corrected chi connectivity index (χ1v) is 31.5. The van der Waals surface area contributed by atoms with Crippen LogP contribution in [0.15, 0.2) is 90.4 Å². The first-order valence-electron chi connectivity index (χ1n) is 31.5. The van der Waals surface area contributed by atoms with Crippen LogP contribution >= 0.6 is 0 Å². The molecule has 9 heteroatoms. The second-order valence-corrected chi connectivity index (χ2v) is 21.5. The number of allylic oxidation sites excluding steroid dienone is 6. The van der Waals surface area contributed by atoms with E-state index in [0.29, 0.717) is 37.1 Å². The molecule has 0 bridgehead atoms. The van der Waals surface area contributed by atoms with Crippen LogP contribution in [0.3, 0.4) is 0 Å². The third kappa shape index (κ3) is 39.3. The molecule has 4 rings (SSSR count). The Morgan fingerprint density at radius 1 is 0.852 bits per heavy atom. The lowest BCUT2D eigenvalue weighted by atomic mass is 9.90. The minimum absolute atomic E-state index is 0.147. The second-order valence-electron chi connectivity index (χ2n) is 21.5. The van der Waals surface area contributed by atoms with Crippen molar-refractivity contribution in [2.24, 2.45) is 17.6 Å². The molecule has 81 heavy (non-hydrogen) atoms. The molecule has 0 amide bonds. The fourth-order valence-corrected chi connectivity index (χ4v) is 8.91. The molecule has 0 radical (unpaired) electrons. The van der Waals surface area contributed by atoms with Gasteiger partial charge in [0.2, 0.25) is 0 Å². The first kappa shape index (κ1) is 82.6. The van der Waals surface area contributed by atoms with Crippen molar-refractivity contribution in [3.8, 4) is 0 Å². The lowest BCUT2D eigenvalue weighted by Crippen LogP contribution is -2.40. The number of rotatable bonds is 23. The van der Waals surface area contributed by atoms with Gasteiger partial charge in [0, 0.05) is 60.7 Å². The lowest BCUT2D eigenvalue weighted by molar-refractivity contribution is -0.106. The molecule has 2 heterocycles. The van der Waals surface area contributed by atoms with E-state index in [0.717, 1.165) is 93.6 Å². The molecule has 1 fully saturated rings. The molecule has 1 aliphatic rings. The van der Waals surface area contributed by atoms with Crippen LogP contribution in [0.1, 0.15) is 265 Å². The molecular weight excluding hydrogens is 1000 g/mol. The Labute approximate surface area is 500 Å². The molecule has 1 unspecified atom stereocenters. The van der Waals surface area contributed by atoms with E-state index in [-0.39, 0.29) is 5.78 Å². The molecule has 1 aromatic heterocycles. The molecule has 3 N–H and O–H groups in total. The highest BCUT2D eigenvalue weighted by atomic mass is 19.1. The molecule has 0 aliphatic carbocycles. The summed E-state index contributed by atoms with van der Waals surface area (Å²) in [6, 6.07) is 16.9. The Hall–Kier alpha value is -4.86. The topological polar surface area (TPSA) is 101 Å². The van der Waals surface area contributed by atoms with E-state index in [1.54, 1.807) is 6.92 Å². The van der Waals surface area contributed by atoms with Crippen LogP contribution in [-0.2, 0) is 16.1 Å². The number of anilines is 1. The molecule has 1 aliphatic heterocycles. The van der Waals surface area contributed by atoms with Crippen LogP contribution in [0.5, 0.6) is 0 Å². The summed E-state index contributed by atoms with van der Waals surface area (Å²) < 4.78 is 14.6. The van der Waals surface area contributed by atoms with E-state index in [4.69, 9.17) is 15.4 Å². The minimum atomic E-state index is -0.951. The maximum atomic E-state index is 14.6. The van der Waals surface area contributed by atoms with Crippen molar-refractivity contribution < 1.29 is 18.8 Å². The van der Waals surface area contributed by atoms with Crippen LogP contribution < -0.4 is 16.1 Å². The smallest absolute Gasteiger partial charge is 0.159 e. The average Bonchev–Trinajstić information content (AvgIpc) is 3.63. The number of Topliss-reactive ketones (excluding diaryl/α,β-unsaturated/α-hetero) is 1. The summed E-state index contributed by atoms with van der Waals surface area (Å²) in [6.07, 6.45) is 23.8. The van der Waals surface area contributed by atoms with Gasteiger partial charge >= 0.3 is 0 Å². The third-order valence-corrected chi connectivity index (χ3v) is 13.5. The van der Waals surface area contributed by atoms with E-state index >= 15 is 0 Å². The van der Waals surface area contributed by atoms with Crippen LogP contribution in [0.2, 0.25) is 0 Å². The summed E-state index contributed by atoms with van der Waals surface area (Å²) >= 11 is 0. The van der Waals surface area contributed by atoms with Crippen molar-refractivity contribution in [2.45, 2.75) is 247 Å². The number of benzene rings is 2. The van der Waals surface area contributed by atoms with Gasteiger partial charge in [0.05, 0.1) is 6.61 Å². The number of aromatic nitrogens is 1. The van der Waals surface area contributed by atoms with Crippen molar-refractivity contribution in [2.75, 3.05) is 45.2 Å². The number of pyridine rings is 1. The van der Waals surface area contributed by atoms with E-state index in [2.05, 4.69) is 186 Å². The Kier molecular flexibility index (Phi) is 53.0. The molecule has 1 atom stereocenters. The van der Waals surface area contributed by atoms with Crippen LogP contribution in [-0.4, -0.2) is 68.0 Å². The molecule has 3 aromatic rings. The fourth-order valence-electron chi connectivity index (χ4n) is 8.91. The van der Waals surface area contributed by atoms with Crippen molar-refractivity contribution in [3.63, 3.8) is 0 Å². The van der Waals surface area contributed by atoms with Crippen molar-refractivity contribution in [1.82, 2.24) is 15.4 Å². The Balaban J connectivity index is -0.000000453. The largest absolute Gasteiger partial charge is 0.402 e. The average molecular weight is 1130 g/mol. The van der Waals surface area contributed by atoms with Gasteiger partial charge in [0.1, 0.15) is 12.0 Å². The second kappa shape index (κ2) is 52.0. The highest BCUT2D eigenvalue weighted by Crippen LogP contribution is 2.29. The number of aldehydes is 1. The Morgan fingerprint density at radius 3 is 1.83 bits per heavy atom. The summed E-state index contributed by atoms with van der Waals surface area (Å²) in [5.41, 5.74) is 21.9. The molecule has 0 saturated carbocycles. The van der Waals surface area contributed by atoms with Gasteiger partial charge in [-0.2, -0.15) is 0 Å². The molecule has 1 saturated heterocycles. The van der Waals surface area contributed by atoms with Gasteiger partial charge in [-0.1, -0.05) is 190 Å². The summed E-state index contributed by atoms with van der Waals surface area (Å²) in [6.45, 7) is 50.6. The number of nitrogens with one attached hydrogen (secondary N) is 1. The zero-order valence-corrected chi connectivity index (χ0v) is 56.7. The number of halogens is 1. The van der Waals surface area contributed by atoms with Gasteiger partial charge in [-0.05, 0) is 183 Å². The maximum Gasteiger partial charge on any atom is 0.159 e. The number of hydrogen-bond donors (Lipinski definition) is 2. The van der Waals surface area contributed by atoms with E-state index < -0.39 is 5.67 Å². The maximum absolute atomic E-state index is 14.6. The molecular formula is C72H126FN5O3. The molecule has 8 nitrogen and oxygen atoms in total. The number of aryl methyl sites for hydroxylation is 3. The quantitative estimate of drug-likeness (QED) is 0.0550. The third-order valence-electron chi connectivity index (χ3n) is 13.5. The van der Waals surface area contributed by atoms with Crippen molar-refractivity contribution >= 4 is 29.4 Å². The van der Waals surface area contributed by atoms with Gasteiger partial charge < -0.3 is 20.3 Å². The fraction of sp³-hybridized carbons (Fsp3) is 0.625. The number of alkyl halides is 1. The zero-order chi connectivity index (χ0) is 62.9. The van der Waals surface area contributed by atoms with E-state index in [9.17, 15) is 9.18 Å². The summed E-state index contributed by atoms with van der Waals surface area (Å²) in [7, 11) is 4.17. The summed E-state index contributed by atoms with van der Waals surface area (Å²) in [5.74, 6) is 2.01. The number of hydroxylamine groups is 1. The highest BCUT2D eigenvalue weighted by Gasteiger charge is 2.29. The minimum Gasteiger partial charge on any atom is -0.402 e. The van der Waals surface area contributed by atoms with Gasteiger partial charge in [-0.25, -0.2) is 4.39 Å². The van der Waals surface area contributed by atoms with Gasteiger partial charge in [0.15, 0.2) is 5.78 Å². The van der Waals surface area contributed by atoms with Gasteiger partial charge in [0.25, 0.3) is 0 Å². The molecule has 2 aromatic carbocycles. The number of carbonyl (C=O) groups excluding carboxylic acids is 2. The predicted molar refractivity (Wildman–Crippen MR) is 359 cm³/mol. The van der Waals surface area contributed by atoms with Crippen molar-refractivity contribution in [1.29, 1.82) is 0 Å². The Bertz CT molecular complexity index is 2120. The van der Waals surface area contributed by atoms with Gasteiger partial charge in [-0.3, -0.25) is 20.1 Å². The monoisotopic (exact) mass is 1130 g/mol. The van der Waals surface area contributed by atoms with Crippen LogP contribution in [0, 0.1) is 25.7 Å². The number of nitrogens with two attached hydrogens (primary N) is 1. The summed E-state index contributed by atoms with van der Waals surface area (Å²) in [5, 5.41) is 0. The Morgan fingerprint density at radius 2 is 1.40 bits per heavy atom. The van der Waals surface area contributed by atoms with Crippen LogP contribution in [0.25, 0.3) is 11.6 Å². The first-order chi connectivity index (χ1) is 38.5. The molecule has 464 valence electrons. The predicted octanol–water partition coefficient (Wildman–Crippen LogP) is 20.4. The van der Waals surface area contributed by atoms with Gasteiger partial charge in [-0.15, -0.1) is 0 Å². The number of ketones is 1. The van der Waals surface area contributed by atoms with Crippen molar-refractivity contribution in [3.05, 3.63) is 130 Å². The molecule has 0 spiro atoms. The van der Waals surface area contributed by atoms with E-state index in [1.807, 2.05) is 59.0 Å². The summed E-state index contributed by atoms with van der Waals surface area (Å²) in [4.78, 5) is 34.0. The number of nitrogens with zero attached hydrogens (tertiary/aromatic N) is 3. The lowest BCUT2D eigenvalue weighted by Gasteiger charge is -2.32. The zero-order valence-electron chi connectivity index (χ0n) is 56.7. The normalized spacial score (nSPS) is 13.2. The van der Waals surface area contributed by atoms with Crippen LogP contribution in [0.4, 0.5) is 10.1 Å². The highest BCUT2D eigenvalue weighted by molar-refractivity contribution is 5.94. The van der Waals surface area contributed by atoms with E-state index in [1.165, 1.54) is 83.7 Å².